The third-order valence-corrected chi connectivity index (χ3v) is 1.07. The molecule has 0 aliphatic heterocycles. The van der Waals surface area contributed by atoms with Crippen LogP contribution in [0.1, 0.15) is 0 Å². The molecule has 4 N–H and O–H groups in total. The van der Waals surface area contributed by atoms with Gasteiger partial charge >= 0.3 is 0 Å². The quantitative estimate of drug-likeness (QED) is 0.304. The zero-order valence-corrected chi connectivity index (χ0v) is 5.87. The van der Waals surface area contributed by atoms with Crippen LogP contribution < -0.4 is 10.3 Å². The summed E-state index contributed by atoms with van der Waals surface area (Å²) in [6.07, 6.45) is 0. The average molecular weight is 174 g/mol. The summed E-state index contributed by atoms with van der Waals surface area (Å²) >= 11 is -4.19. The highest BCUT2D eigenvalue weighted by Crippen LogP contribution is 1.64. The van der Waals surface area contributed by atoms with E-state index in [4.69, 9.17) is 9.11 Å². The van der Waals surface area contributed by atoms with E-state index in [1.807, 2.05) is 5.43 Å². The van der Waals surface area contributed by atoms with Crippen molar-refractivity contribution in [2.75, 3.05) is 5.88 Å². The van der Waals surface area contributed by atoms with Gasteiger partial charge in [-0.1, -0.05) is 0 Å². The summed E-state index contributed by atoms with van der Waals surface area (Å²) in [7, 11) is 0. The fraction of sp³-hybridized carbons (Fsp3) is 1.00. The van der Waals surface area contributed by atoms with Crippen molar-refractivity contribution in [3.63, 3.8) is 0 Å². The molecule has 0 heterocycles. The normalized spacial score (nSPS) is 17.1. The van der Waals surface area contributed by atoms with Crippen molar-refractivity contribution < 1.29 is 17.5 Å². The molecule has 0 aromatic heterocycles. The van der Waals surface area contributed by atoms with Gasteiger partial charge in [0.25, 0.3) is 0 Å². The van der Waals surface area contributed by atoms with E-state index in [1.54, 1.807) is 4.83 Å². The summed E-state index contributed by atoms with van der Waals surface area (Å²) < 4.78 is 35.6. The maximum Gasteiger partial charge on any atom is 0.245 e. The first-order chi connectivity index (χ1) is 4.13. The summed E-state index contributed by atoms with van der Waals surface area (Å²) in [6.45, 7) is 0. The molecular weight excluding hydrogens is 168 g/mol. The minimum atomic E-state index is -2.19. The third-order valence-electron chi connectivity index (χ3n) is 0.355. The first-order valence-electron chi connectivity index (χ1n) is 1.79. The number of hydrogen-bond donors (Lipinski definition) is 4. The topological polar surface area (TPSA) is 98.7 Å². The highest BCUT2D eigenvalue weighted by molar-refractivity contribution is 7.79. The van der Waals surface area contributed by atoms with Gasteiger partial charge in [-0.2, -0.15) is 0 Å². The molecule has 2 unspecified atom stereocenters. The Labute approximate surface area is 56.7 Å². The maximum atomic E-state index is 9.81. The van der Waals surface area contributed by atoms with Gasteiger partial charge in [0.1, 0.15) is 5.88 Å². The lowest BCUT2D eigenvalue weighted by molar-refractivity contribution is 0.527. The Balaban J connectivity index is 3.10. The lowest BCUT2D eigenvalue weighted by atomic mass is 11.5. The molecule has 0 aliphatic rings. The average Bonchev–Trinajstić information content (AvgIpc) is 1.63. The molecule has 0 aromatic carbocycles. The van der Waals surface area contributed by atoms with E-state index >= 15 is 0 Å². The Morgan fingerprint density at radius 1 is 1.33 bits per heavy atom. The van der Waals surface area contributed by atoms with E-state index in [0.717, 1.165) is 0 Å². The van der Waals surface area contributed by atoms with Crippen LogP contribution in [0, 0.1) is 0 Å². The van der Waals surface area contributed by atoms with Crippen molar-refractivity contribution in [2.45, 2.75) is 0 Å². The molecule has 0 amide bonds. The second kappa shape index (κ2) is 4.97. The van der Waals surface area contributed by atoms with Crippen molar-refractivity contribution in [1.82, 2.24) is 10.3 Å². The van der Waals surface area contributed by atoms with Crippen molar-refractivity contribution in [1.29, 1.82) is 0 Å². The van der Waals surface area contributed by atoms with Crippen LogP contribution in [0.2, 0.25) is 0 Å². The van der Waals surface area contributed by atoms with Crippen molar-refractivity contribution in [3.05, 3.63) is 0 Å². The van der Waals surface area contributed by atoms with Crippen LogP contribution in [-0.4, -0.2) is 23.4 Å². The van der Waals surface area contributed by atoms with Gasteiger partial charge in [0.05, 0.1) is 0 Å². The van der Waals surface area contributed by atoms with Crippen molar-refractivity contribution in [2.24, 2.45) is 0 Å². The standard InChI is InChI=1S/CH6N2O4S2/c4-8(5)1-2-3-9(6)7/h2-3H,1H2,(H,4,5)(H,6,7). The SMILES string of the molecule is O=S(O)CNNS(=O)O. The maximum absolute atomic E-state index is 9.81. The molecule has 2 atom stereocenters. The molecule has 6 nitrogen and oxygen atoms in total. The van der Waals surface area contributed by atoms with E-state index in [2.05, 4.69) is 0 Å². The molecule has 0 spiro atoms. The first-order valence-corrected chi connectivity index (χ1v) is 4.18. The lowest BCUT2D eigenvalue weighted by Crippen LogP contribution is -2.35. The van der Waals surface area contributed by atoms with Crippen LogP contribution in [0.5, 0.6) is 0 Å². The molecular formula is CH6N2O4S2. The lowest BCUT2D eigenvalue weighted by Gasteiger charge is -1.96. The summed E-state index contributed by atoms with van der Waals surface area (Å²) in [5, 5.41) is 0. The minimum absolute atomic E-state index is 0.285. The molecule has 0 aromatic rings. The van der Waals surface area contributed by atoms with Crippen LogP contribution in [0.15, 0.2) is 0 Å². The van der Waals surface area contributed by atoms with Crippen LogP contribution in [0.4, 0.5) is 0 Å². The van der Waals surface area contributed by atoms with Gasteiger partial charge in [-0.15, -0.1) is 4.83 Å². The molecule has 8 heteroatoms. The summed E-state index contributed by atoms with van der Waals surface area (Å²) in [6, 6.07) is 0. The van der Waals surface area contributed by atoms with Crippen LogP contribution >= 0.6 is 0 Å². The fourth-order valence-electron chi connectivity index (χ4n) is 0.153. The van der Waals surface area contributed by atoms with Gasteiger partial charge in [0.15, 0.2) is 11.1 Å². The van der Waals surface area contributed by atoms with Gasteiger partial charge in [0, 0.05) is 0 Å². The molecule has 0 aliphatic carbocycles. The van der Waals surface area contributed by atoms with E-state index in [9.17, 15) is 8.42 Å². The van der Waals surface area contributed by atoms with E-state index < -0.39 is 22.3 Å². The minimum Gasteiger partial charge on any atom is -0.305 e. The summed E-state index contributed by atoms with van der Waals surface area (Å²) in [5.74, 6) is -0.285. The Hall–Kier alpha value is 0.140. The largest absolute Gasteiger partial charge is 0.305 e. The molecule has 0 radical (unpaired) electrons. The van der Waals surface area contributed by atoms with Crippen molar-refractivity contribution in [3.8, 4) is 0 Å². The van der Waals surface area contributed by atoms with Gasteiger partial charge < -0.3 is 4.55 Å². The highest BCUT2D eigenvalue weighted by Gasteiger charge is 1.92. The van der Waals surface area contributed by atoms with Gasteiger partial charge in [-0.25, -0.2) is 13.8 Å². The molecule has 9 heavy (non-hydrogen) atoms. The van der Waals surface area contributed by atoms with Crippen molar-refractivity contribution >= 4 is 22.3 Å². The van der Waals surface area contributed by atoms with E-state index in [1.165, 1.54) is 0 Å². The predicted molar refractivity (Wildman–Crippen MR) is 32.7 cm³/mol. The molecule has 56 valence electrons. The zero-order valence-electron chi connectivity index (χ0n) is 4.23. The highest BCUT2D eigenvalue weighted by atomic mass is 32.2. The second-order valence-corrected chi connectivity index (χ2v) is 2.63. The molecule has 0 rings (SSSR count). The molecule has 0 fully saturated rings. The molecule has 0 saturated carbocycles. The van der Waals surface area contributed by atoms with Crippen LogP contribution in [0.3, 0.4) is 0 Å². The Morgan fingerprint density at radius 2 is 1.89 bits per heavy atom. The summed E-state index contributed by atoms with van der Waals surface area (Å²) in [4.78, 5) is 1.80. The Kier molecular flexibility index (Phi) is 5.04. The fourth-order valence-corrected chi connectivity index (χ4v) is 0.636. The number of hydrazine groups is 1. The van der Waals surface area contributed by atoms with Gasteiger partial charge in [-0.05, 0) is 0 Å². The van der Waals surface area contributed by atoms with Gasteiger partial charge in [0.2, 0.25) is 11.3 Å². The zero-order chi connectivity index (χ0) is 7.28. The predicted octanol–water partition coefficient (Wildman–Crippen LogP) is -1.60. The van der Waals surface area contributed by atoms with Crippen LogP contribution in [-0.2, 0) is 22.3 Å². The number of rotatable bonds is 4. The van der Waals surface area contributed by atoms with E-state index in [0.29, 0.717) is 0 Å². The van der Waals surface area contributed by atoms with Crippen LogP contribution in [0.25, 0.3) is 0 Å². The molecule has 0 bridgehead atoms. The first kappa shape index (κ1) is 9.14. The monoisotopic (exact) mass is 174 g/mol. The summed E-state index contributed by atoms with van der Waals surface area (Å²) in [5.41, 5.74) is 2.03. The van der Waals surface area contributed by atoms with E-state index in [-0.39, 0.29) is 5.88 Å². The molecule has 0 saturated heterocycles. The smallest absolute Gasteiger partial charge is 0.245 e. The third kappa shape index (κ3) is 8.14. The number of nitrogens with one attached hydrogen (secondary N) is 2. The number of hydrogen-bond acceptors (Lipinski definition) is 3. The van der Waals surface area contributed by atoms with Gasteiger partial charge in [-0.3, -0.25) is 4.55 Å². The Morgan fingerprint density at radius 3 is 2.22 bits per heavy atom. The second-order valence-electron chi connectivity index (χ2n) is 0.994. The Bertz CT molecular complexity index is 112.